The Kier molecular flexibility index (Phi) is 2.91. The van der Waals surface area contributed by atoms with Crippen molar-refractivity contribution in [1.29, 1.82) is 0 Å². The summed E-state index contributed by atoms with van der Waals surface area (Å²) in [5, 5.41) is 10.4. The molecule has 1 aromatic heterocycles. The molecule has 0 bridgehead atoms. The molecule has 0 unspecified atom stereocenters. The monoisotopic (exact) mass is 222 g/mol. The first-order valence-corrected chi connectivity index (χ1v) is 3.83. The van der Waals surface area contributed by atoms with Gasteiger partial charge in [0.05, 0.1) is 0 Å². The van der Waals surface area contributed by atoms with E-state index in [1.165, 1.54) is 0 Å². The van der Waals surface area contributed by atoms with Crippen LogP contribution in [0.3, 0.4) is 0 Å². The Labute approximate surface area is 87.1 Å². The van der Waals surface area contributed by atoms with Gasteiger partial charge in [0.15, 0.2) is 0 Å². The number of aromatic nitrogens is 1. The Balaban J connectivity index is 0.000000845. The first-order chi connectivity index (χ1) is 5.77. The summed E-state index contributed by atoms with van der Waals surface area (Å²) in [6.45, 7) is 1.91. The van der Waals surface area contributed by atoms with Gasteiger partial charge in [0, 0.05) is 28.1 Å². The molecular weight excluding hydrogens is 214 g/mol. The van der Waals surface area contributed by atoms with Crippen molar-refractivity contribution in [3.63, 3.8) is 0 Å². The van der Waals surface area contributed by atoms with Crippen LogP contribution < -0.4 is 0 Å². The van der Waals surface area contributed by atoms with E-state index in [1.807, 2.05) is 31.2 Å². The van der Waals surface area contributed by atoms with Crippen molar-refractivity contribution < 1.29 is 22.2 Å². The number of pyridine rings is 1. The zero-order valence-electron chi connectivity index (χ0n) is 7.08. The van der Waals surface area contributed by atoms with Gasteiger partial charge in [-0.15, -0.1) is 0 Å². The predicted molar refractivity (Wildman–Crippen MR) is 48.1 cm³/mol. The number of benzene rings is 1. The van der Waals surface area contributed by atoms with Crippen molar-refractivity contribution in [2.75, 3.05) is 0 Å². The molecule has 13 heavy (non-hydrogen) atoms. The smallest absolute Gasteiger partial charge is 0.141 e. The number of hydrogen-bond donors (Lipinski definition) is 1. The summed E-state index contributed by atoms with van der Waals surface area (Å²) >= 11 is 0. The maximum atomic E-state index is 9.43. The van der Waals surface area contributed by atoms with Crippen LogP contribution in [0, 0.1) is 6.92 Å². The molecule has 0 saturated heterocycles. The summed E-state index contributed by atoms with van der Waals surface area (Å²) in [7, 11) is 0. The molecule has 2 nitrogen and oxygen atoms in total. The van der Waals surface area contributed by atoms with Crippen molar-refractivity contribution in [2.45, 2.75) is 6.92 Å². The summed E-state index contributed by atoms with van der Waals surface area (Å²) < 4.78 is 0. The molecule has 0 saturated carbocycles. The molecule has 1 N–H and O–H groups in total. The number of phenolic OH excluding ortho intramolecular Hbond substituents is 1. The molecule has 0 fully saturated rings. The third-order valence-electron chi connectivity index (χ3n) is 1.84. The largest absolute Gasteiger partial charge is 0.506 e. The first-order valence-electron chi connectivity index (χ1n) is 3.83. The second kappa shape index (κ2) is 3.77. The molecule has 0 aliphatic rings. The first kappa shape index (κ1) is 10.0. The van der Waals surface area contributed by atoms with E-state index >= 15 is 0 Å². The van der Waals surface area contributed by atoms with E-state index in [0.717, 1.165) is 11.1 Å². The molecule has 2 rings (SSSR count). The number of aromatic hydroxyl groups is 1. The number of para-hydroxylation sites is 1. The average Bonchev–Trinajstić information content (AvgIpc) is 2.07. The van der Waals surface area contributed by atoms with Crippen molar-refractivity contribution in [2.24, 2.45) is 0 Å². The van der Waals surface area contributed by atoms with Gasteiger partial charge < -0.3 is 5.11 Å². The van der Waals surface area contributed by atoms with E-state index in [2.05, 4.69) is 4.98 Å². The van der Waals surface area contributed by atoms with Gasteiger partial charge >= 0.3 is 0 Å². The minimum atomic E-state index is 0. The van der Waals surface area contributed by atoms with Gasteiger partial charge in [0.1, 0.15) is 11.3 Å². The molecule has 1 heterocycles. The molecule has 71 valence electrons. The molecule has 0 spiro atoms. The molecule has 0 atom stereocenters. The van der Waals surface area contributed by atoms with E-state index in [0.29, 0.717) is 5.52 Å². The van der Waals surface area contributed by atoms with Gasteiger partial charge in [0.2, 0.25) is 0 Å². The summed E-state index contributed by atoms with van der Waals surface area (Å²) in [5.41, 5.74) is 1.60. The zero-order chi connectivity index (χ0) is 8.55. The topological polar surface area (TPSA) is 33.1 Å². The summed E-state index contributed by atoms with van der Waals surface area (Å²) in [5.74, 6) is 0.246. The maximum absolute atomic E-state index is 9.43. The number of phenols is 1. The van der Waals surface area contributed by atoms with E-state index in [9.17, 15) is 5.11 Å². The molecule has 3 heteroatoms. The average molecular weight is 223 g/mol. The minimum Gasteiger partial charge on any atom is -0.506 e. The predicted octanol–water partition coefficient (Wildman–Crippen LogP) is 2.25. The number of hydrogen-bond acceptors (Lipinski definition) is 2. The Bertz CT molecular complexity index is 428. The van der Waals surface area contributed by atoms with Crippen LogP contribution in [-0.2, 0) is 17.1 Å². The molecule has 1 radical (unpaired) electrons. The fourth-order valence-corrected chi connectivity index (χ4v) is 1.23. The van der Waals surface area contributed by atoms with Crippen molar-refractivity contribution in [3.05, 3.63) is 36.0 Å². The maximum Gasteiger partial charge on any atom is 0.141 e. The van der Waals surface area contributed by atoms with Crippen LogP contribution in [-0.4, -0.2) is 10.1 Å². The van der Waals surface area contributed by atoms with Gasteiger partial charge in [-0.1, -0.05) is 18.2 Å². The van der Waals surface area contributed by atoms with Gasteiger partial charge in [-0.05, 0) is 19.1 Å². The molecule has 1 aromatic carbocycles. The van der Waals surface area contributed by atoms with Crippen LogP contribution in [0.15, 0.2) is 30.3 Å². The second-order valence-corrected chi connectivity index (χ2v) is 2.80. The third-order valence-corrected chi connectivity index (χ3v) is 1.84. The molecule has 2 aromatic rings. The fourth-order valence-electron chi connectivity index (χ4n) is 1.23. The van der Waals surface area contributed by atoms with E-state index in [1.54, 1.807) is 6.07 Å². The standard InChI is InChI=1S/C10H9NO.Cu/c1-7-5-6-8-3-2-4-9(12)10(8)11-7;/h2-6,12H,1H3;. The van der Waals surface area contributed by atoms with Crippen molar-refractivity contribution in [3.8, 4) is 5.75 Å². The molecule has 0 aliphatic heterocycles. The Hall–Kier alpha value is -1.05. The van der Waals surface area contributed by atoms with E-state index < -0.39 is 0 Å². The quantitative estimate of drug-likeness (QED) is 0.694. The number of nitrogens with zero attached hydrogens (tertiary/aromatic N) is 1. The second-order valence-electron chi connectivity index (χ2n) is 2.80. The van der Waals surface area contributed by atoms with Crippen molar-refractivity contribution >= 4 is 10.9 Å². The van der Waals surface area contributed by atoms with Crippen LogP contribution in [0.25, 0.3) is 10.9 Å². The third kappa shape index (κ3) is 1.82. The van der Waals surface area contributed by atoms with Gasteiger partial charge in [-0.3, -0.25) is 0 Å². The van der Waals surface area contributed by atoms with Crippen LogP contribution in [0.4, 0.5) is 0 Å². The van der Waals surface area contributed by atoms with Gasteiger partial charge in [-0.2, -0.15) is 0 Å². The fraction of sp³-hybridized carbons (Fsp3) is 0.100. The summed E-state index contributed by atoms with van der Waals surface area (Å²) in [4.78, 5) is 4.23. The van der Waals surface area contributed by atoms with E-state index in [-0.39, 0.29) is 22.8 Å². The summed E-state index contributed by atoms with van der Waals surface area (Å²) in [6.07, 6.45) is 0. The van der Waals surface area contributed by atoms with Crippen LogP contribution in [0.2, 0.25) is 0 Å². The Morgan fingerprint density at radius 2 is 1.92 bits per heavy atom. The number of aryl methyl sites for hydroxylation is 1. The number of rotatable bonds is 0. The SMILES string of the molecule is Cc1ccc2cccc(O)c2n1.[Cu]. The van der Waals surface area contributed by atoms with Gasteiger partial charge in [-0.25, -0.2) is 4.98 Å². The number of fused-ring (bicyclic) bond motifs is 1. The zero-order valence-corrected chi connectivity index (χ0v) is 8.02. The molecule has 0 amide bonds. The molecule has 0 aliphatic carbocycles. The normalized spacial score (nSPS) is 9.62. The van der Waals surface area contributed by atoms with Crippen molar-refractivity contribution in [1.82, 2.24) is 4.98 Å². The van der Waals surface area contributed by atoms with Gasteiger partial charge in [0.25, 0.3) is 0 Å². The Morgan fingerprint density at radius 3 is 2.69 bits per heavy atom. The van der Waals surface area contributed by atoms with Crippen LogP contribution >= 0.6 is 0 Å². The van der Waals surface area contributed by atoms with Crippen LogP contribution in [0.1, 0.15) is 5.69 Å². The van der Waals surface area contributed by atoms with E-state index in [4.69, 9.17) is 0 Å². The Morgan fingerprint density at radius 1 is 1.15 bits per heavy atom. The minimum absolute atomic E-state index is 0. The summed E-state index contributed by atoms with van der Waals surface area (Å²) in [6, 6.07) is 9.28. The molecular formula is C10H9CuNO. The van der Waals surface area contributed by atoms with Crippen LogP contribution in [0.5, 0.6) is 5.75 Å².